The van der Waals surface area contributed by atoms with Gasteiger partial charge in [-0.1, -0.05) is 30.3 Å². The van der Waals surface area contributed by atoms with E-state index >= 15 is 0 Å². The quantitative estimate of drug-likeness (QED) is 0.391. The average molecular weight is 406 g/mol. The fourth-order valence-electron chi connectivity index (χ4n) is 3.31. The second-order valence-corrected chi connectivity index (χ2v) is 7.28. The Bertz CT molecular complexity index is 625. The summed E-state index contributed by atoms with van der Waals surface area (Å²) < 4.78 is 10.5. The summed E-state index contributed by atoms with van der Waals surface area (Å²) >= 11 is 0. The van der Waals surface area contributed by atoms with Crippen LogP contribution in [-0.4, -0.2) is 67.4 Å². The summed E-state index contributed by atoms with van der Waals surface area (Å²) in [6.45, 7) is 0.502. The highest BCUT2D eigenvalue weighted by molar-refractivity contribution is 6.43. The van der Waals surface area contributed by atoms with Crippen LogP contribution in [0.15, 0.2) is 30.3 Å². The largest absolute Gasteiger partial charge is 0.475 e. The standard InChI is InChI=1S/C20H31BN2O6/c1-28-14-16(22-20(25)17-11-5-6-13-29-17)19(24)23-18(21(26)27)12-7-10-15-8-3-2-4-9-15/h2-4,8-9,16-18,26-27H,5-7,10-14H2,1H3,(H,22,25)(H,23,24). The zero-order valence-electron chi connectivity index (χ0n) is 16.9. The molecule has 8 nitrogen and oxygen atoms in total. The maximum Gasteiger partial charge on any atom is 0.475 e. The van der Waals surface area contributed by atoms with E-state index in [0.29, 0.717) is 25.9 Å². The van der Waals surface area contributed by atoms with E-state index in [2.05, 4.69) is 10.6 Å². The Kier molecular flexibility index (Phi) is 10.1. The van der Waals surface area contributed by atoms with Crippen molar-refractivity contribution in [2.45, 2.75) is 56.6 Å². The fraction of sp³-hybridized carbons (Fsp3) is 0.600. The number of carbonyl (C=O) groups is 2. The summed E-state index contributed by atoms with van der Waals surface area (Å²) in [7, 11) is -0.266. The monoisotopic (exact) mass is 406 g/mol. The third-order valence-corrected chi connectivity index (χ3v) is 4.95. The first kappa shape index (κ1) is 23.3. The lowest BCUT2D eigenvalue weighted by molar-refractivity contribution is -0.139. The molecule has 29 heavy (non-hydrogen) atoms. The Morgan fingerprint density at radius 3 is 2.62 bits per heavy atom. The molecule has 1 aliphatic heterocycles. The van der Waals surface area contributed by atoms with Gasteiger partial charge in [0, 0.05) is 13.7 Å². The summed E-state index contributed by atoms with van der Waals surface area (Å²) in [6, 6.07) is 8.90. The highest BCUT2D eigenvalue weighted by Crippen LogP contribution is 2.13. The van der Waals surface area contributed by atoms with Gasteiger partial charge in [0.25, 0.3) is 0 Å². The van der Waals surface area contributed by atoms with Gasteiger partial charge >= 0.3 is 7.12 Å². The van der Waals surface area contributed by atoms with Crippen LogP contribution >= 0.6 is 0 Å². The molecule has 2 amide bonds. The van der Waals surface area contributed by atoms with E-state index in [1.54, 1.807) is 0 Å². The van der Waals surface area contributed by atoms with Crippen LogP contribution in [0.5, 0.6) is 0 Å². The zero-order valence-corrected chi connectivity index (χ0v) is 16.9. The Morgan fingerprint density at radius 1 is 1.24 bits per heavy atom. The van der Waals surface area contributed by atoms with E-state index in [0.717, 1.165) is 24.8 Å². The molecule has 4 N–H and O–H groups in total. The summed E-state index contributed by atoms with van der Waals surface area (Å²) in [6.07, 6.45) is 3.69. The van der Waals surface area contributed by atoms with Gasteiger partial charge in [0.15, 0.2) is 0 Å². The lowest BCUT2D eigenvalue weighted by Gasteiger charge is -2.26. The normalized spacial score (nSPS) is 18.5. The number of rotatable bonds is 11. The van der Waals surface area contributed by atoms with Gasteiger partial charge in [-0.15, -0.1) is 0 Å². The number of nitrogens with one attached hydrogen (secondary N) is 2. The van der Waals surface area contributed by atoms with Crippen molar-refractivity contribution >= 4 is 18.9 Å². The van der Waals surface area contributed by atoms with Crippen molar-refractivity contribution in [1.82, 2.24) is 10.6 Å². The Morgan fingerprint density at radius 2 is 2.00 bits per heavy atom. The van der Waals surface area contributed by atoms with Gasteiger partial charge in [-0.05, 0) is 44.1 Å². The lowest BCUT2D eigenvalue weighted by Crippen LogP contribution is -2.56. The van der Waals surface area contributed by atoms with Crippen LogP contribution in [-0.2, 0) is 25.5 Å². The predicted octanol–water partition coefficient (Wildman–Crippen LogP) is 0.206. The summed E-state index contributed by atoms with van der Waals surface area (Å²) in [5.41, 5.74) is 1.14. The van der Waals surface area contributed by atoms with Crippen LogP contribution in [0.25, 0.3) is 0 Å². The molecule has 2 rings (SSSR count). The number of amides is 2. The molecule has 1 aliphatic rings. The van der Waals surface area contributed by atoms with Crippen molar-refractivity contribution in [2.24, 2.45) is 0 Å². The molecule has 1 heterocycles. The van der Waals surface area contributed by atoms with Crippen LogP contribution in [0.3, 0.4) is 0 Å². The van der Waals surface area contributed by atoms with Crippen molar-refractivity contribution in [3.63, 3.8) is 0 Å². The SMILES string of the molecule is COCC(NC(=O)C1CCCCO1)C(=O)NC(CCCc1ccccc1)B(O)O. The van der Waals surface area contributed by atoms with Gasteiger partial charge in [-0.25, -0.2) is 0 Å². The predicted molar refractivity (Wildman–Crippen MR) is 109 cm³/mol. The number of aryl methyl sites for hydroxylation is 1. The fourth-order valence-corrected chi connectivity index (χ4v) is 3.31. The lowest BCUT2D eigenvalue weighted by atomic mass is 9.76. The van der Waals surface area contributed by atoms with Crippen LogP contribution in [0.4, 0.5) is 0 Å². The van der Waals surface area contributed by atoms with E-state index in [-0.39, 0.29) is 12.5 Å². The molecule has 0 saturated carbocycles. The van der Waals surface area contributed by atoms with E-state index in [1.807, 2.05) is 30.3 Å². The molecule has 0 aromatic heterocycles. The van der Waals surface area contributed by atoms with Gasteiger partial charge in [-0.2, -0.15) is 0 Å². The minimum absolute atomic E-state index is 0.0252. The molecule has 3 atom stereocenters. The summed E-state index contributed by atoms with van der Waals surface area (Å²) in [4.78, 5) is 25.0. The second kappa shape index (κ2) is 12.6. The molecule has 3 unspecified atom stereocenters. The number of hydrogen-bond acceptors (Lipinski definition) is 6. The van der Waals surface area contributed by atoms with Gasteiger partial charge in [0.1, 0.15) is 12.1 Å². The molecule has 1 saturated heterocycles. The van der Waals surface area contributed by atoms with E-state index in [4.69, 9.17) is 9.47 Å². The highest BCUT2D eigenvalue weighted by atomic mass is 16.5. The van der Waals surface area contributed by atoms with E-state index in [1.165, 1.54) is 7.11 Å². The van der Waals surface area contributed by atoms with Crippen LogP contribution in [0.1, 0.15) is 37.7 Å². The third kappa shape index (κ3) is 8.14. The van der Waals surface area contributed by atoms with Crippen molar-refractivity contribution in [3.8, 4) is 0 Å². The molecule has 1 aromatic carbocycles. The third-order valence-electron chi connectivity index (χ3n) is 4.95. The van der Waals surface area contributed by atoms with Gasteiger partial charge in [0.05, 0.1) is 12.5 Å². The number of benzene rings is 1. The first-order chi connectivity index (χ1) is 14.0. The maximum atomic E-state index is 12.6. The van der Waals surface area contributed by atoms with Crippen LogP contribution < -0.4 is 10.6 Å². The number of carbonyl (C=O) groups excluding carboxylic acids is 2. The Hall–Kier alpha value is -1.94. The molecule has 9 heteroatoms. The first-order valence-corrected chi connectivity index (χ1v) is 10.1. The van der Waals surface area contributed by atoms with Crippen molar-refractivity contribution in [1.29, 1.82) is 0 Å². The smallest absolute Gasteiger partial charge is 0.426 e. The van der Waals surface area contributed by atoms with Gasteiger partial charge in [0.2, 0.25) is 11.8 Å². The minimum Gasteiger partial charge on any atom is -0.426 e. The first-order valence-electron chi connectivity index (χ1n) is 10.1. The number of ether oxygens (including phenoxy) is 2. The molecule has 0 spiro atoms. The van der Waals surface area contributed by atoms with E-state index < -0.39 is 31.1 Å². The Balaban J connectivity index is 1.87. The minimum atomic E-state index is -1.70. The molecular weight excluding hydrogens is 375 g/mol. The highest BCUT2D eigenvalue weighted by Gasteiger charge is 2.31. The second-order valence-electron chi connectivity index (χ2n) is 7.28. The molecule has 160 valence electrons. The number of methoxy groups -OCH3 is 1. The van der Waals surface area contributed by atoms with Gasteiger partial charge < -0.3 is 30.2 Å². The topological polar surface area (TPSA) is 117 Å². The van der Waals surface area contributed by atoms with Crippen LogP contribution in [0, 0.1) is 0 Å². The molecule has 1 aromatic rings. The Labute approximate surface area is 172 Å². The summed E-state index contributed by atoms with van der Waals surface area (Å²) in [5, 5.41) is 24.6. The van der Waals surface area contributed by atoms with Crippen molar-refractivity contribution < 1.29 is 29.1 Å². The van der Waals surface area contributed by atoms with Crippen molar-refractivity contribution in [2.75, 3.05) is 20.3 Å². The molecular formula is C20H31BN2O6. The van der Waals surface area contributed by atoms with Crippen LogP contribution in [0.2, 0.25) is 0 Å². The molecule has 0 aliphatic carbocycles. The van der Waals surface area contributed by atoms with Crippen molar-refractivity contribution in [3.05, 3.63) is 35.9 Å². The maximum absolute atomic E-state index is 12.6. The number of hydrogen-bond donors (Lipinski definition) is 4. The van der Waals surface area contributed by atoms with E-state index in [9.17, 15) is 19.6 Å². The molecule has 0 radical (unpaired) electrons. The van der Waals surface area contributed by atoms with Gasteiger partial charge in [-0.3, -0.25) is 9.59 Å². The average Bonchev–Trinajstić information content (AvgIpc) is 2.73. The molecule has 0 bridgehead atoms. The zero-order chi connectivity index (χ0) is 21.1. The molecule has 1 fully saturated rings. The summed E-state index contributed by atoms with van der Waals surface area (Å²) in [5.74, 6) is -1.71.